The van der Waals surface area contributed by atoms with E-state index >= 15 is 0 Å². The fourth-order valence-electron chi connectivity index (χ4n) is 1.99. The number of hydrogen-bond donors (Lipinski definition) is 3. The molecule has 2 heterocycles. The second kappa shape index (κ2) is 5.05. The number of nitrogens with two attached hydrogens (primary N) is 1. The van der Waals surface area contributed by atoms with E-state index in [9.17, 15) is 14.7 Å². The molecule has 1 aromatic rings. The van der Waals surface area contributed by atoms with Crippen LogP contribution in [0.5, 0.6) is 0 Å². The zero-order chi connectivity index (χ0) is 13.3. The van der Waals surface area contributed by atoms with E-state index in [4.69, 9.17) is 10.5 Å². The van der Waals surface area contributed by atoms with Gasteiger partial charge in [-0.2, -0.15) is 0 Å². The first kappa shape index (κ1) is 13.0. The number of aryl methyl sites for hydroxylation is 1. The number of ether oxygens (including phenoxy) is 1. The summed E-state index contributed by atoms with van der Waals surface area (Å²) >= 11 is 0. The molecule has 3 atom stereocenters. The van der Waals surface area contributed by atoms with E-state index in [1.54, 1.807) is 13.3 Å². The van der Waals surface area contributed by atoms with Gasteiger partial charge in [0.2, 0.25) is 0 Å². The lowest BCUT2D eigenvalue weighted by Crippen LogP contribution is -2.33. The molecule has 1 aliphatic rings. The average Bonchev–Trinajstić information content (AvgIpc) is 2.66. The van der Waals surface area contributed by atoms with Crippen molar-refractivity contribution in [2.45, 2.75) is 31.8 Å². The largest absolute Gasteiger partial charge is 0.390 e. The van der Waals surface area contributed by atoms with Gasteiger partial charge in [0, 0.05) is 24.6 Å². The lowest BCUT2D eigenvalue weighted by atomic mass is 10.1. The van der Waals surface area contributed by atoms with Crippen molar-refractivity contribution in [2.75, 3.05) is 6.54 Å². The second-order valence-corrected chi connectivity index (χ2v) is 4.31. The number of H-pyrrole nitrogens is 1. The topological polar surface area (TPSA) is 110 Å². The number of nitrogens with zero attached hydrogens (tertiary/aromatic N) is 1. The van der Waals surface area contributed by atoms with Crippen LogP contribution in [0.1, 0.15) is 18.2 Å². The fraction of sp³-hybridized carbons (Fsp3) is 0.545. The van der Waals surface area contributed by atoms with E-state index in [0.717, 1.165) is 0 Å². The standard InChI is InChI=1S/C11H16N3O4/c1-6-5-14(11(17)13-10(6)16)9-4-7(15)8(18-9)2-3-12/h2,5,7-9,15H,3-4,12H2,1H3,(H,13,16,17). The highest BCUT2D eigenvalue weighted by molar-refractivity contribution is 5.02. The molecule has 0 aliphatic carbocycles. The Hall–Kier alpha value is -1.44. The molecule has 1 aliphatic heterocycles. The molecule has 1 saturated heterocycles. The molecule has 0 amide bonds. The molecule has 1 aromatic heterocycles. The number of aliphatic hydroxyl groups is 1. The van der Waals surface area contributed by atoms with Gasteiger partial charge >= 0.3 is 5.69 Å². The van der Waals surface area contributed by atoms with E-state index in [2.05, 4.69) is 4.98 Å². The number of nitrogens with one attached hydrogen (secondary N) is 1. The van der Waals surface area contributed by atoms with E-state index in [-0.39, 0.29) is 13.0 Å². The fourth-order valence-corrected chi connectivity index (χ4v) is 1.99. The predicted molar refractivity (Wildman–Crippen MR) is 63.9 cm³/mol. The van der Waals surface area contributed by atoms with Gasteiger partial charge in [-0.05, 0) is 13.5 Å². The molecule has 7 heteroatoms. The Morgan fingerprint density at radius 3 is 3.06 bits per heavy atom. The predicted octanol–water partition coefficient (Wildman–Crippen LogP) is -1.34. The molecule has 1 fully saturated rings. The van der Waals surface area contributed by atoms with E-state index in [1.165, 1.54) is 10.8 Å². The smallest absolute Gasteiger partial charge is 0.330 e. The maximum atomic E-state index is 11.7. The van der Waals surface area contributed by atoms with Gasteiger partial charge in [0.1, 0.15) is 6.23 Å². The summed E-state index contributed by atoms with van der Waals surface area (Å²) in [5, 5.41) is 9.77. The molecule has 4 N–H and O–H groups in total. The van der Waals surface area contributed by atoms with Crippen LogP contribution < -0.4 is 17.0 Å². The summed E-state index contributed by atoms with van der Waals surface area (Å²) in [6, 6.07) is 0. The summed E-state index contributed by atoms with van der Waals surface area (Å²) in [4.78, 5) is 25.1. The number of rotatable bonds is 3. The third kappa shape index (κ3) is 2.38. The van der Waals surface area contributed by atoms with Crippen molar-refractivity contribution in [3.05, 3.63) is 39.0 Å². The third-order valence-electron chi connectivity index (χ3n) is 2.96. The first-order valence-electron chi connectivity index (χ1n) is 5.72. The first-order valence-corrected chi connectivity index (χ1v) is 5.72. The van der Waals surface area contributed by atoms with Crippen molar-refractivity contribution in [3.63, 3.8) is 0 Å². The molecule has 99 valence electrons. The summed E-state index contributed by atoms with van der Waals surface area (Å²) in [7, 11) is 0. The molecule has 1 radical (unpaired) electrons. The van der Waals surface area contributed by atoms with Crippen LogP contribution in [0.4, 0.5) is 0 Å². The molecule has 7 nitrogen and oxygen atoms in total. The highest BCUT2D eigenvalue weighted by Gasteiger charge is 2.34. The summed E-state index contributed by atoms with van der Waals surface area (Å²) in [6.45, 7) is 1.89. The van der Waals surface area contributed by atoms with Crippen LogP contribution in [0.3, 0.4) is 0 Å². The van der Waals surface area contributed by atoms with E-state index in [0.29, 0.717) is 5.56 Å². The molecule has 18 heavy (non-hydrogen) atoms. The van der Waals surface area contributed by atoms with Gasteiger partial charge in [-0.3, -0.25) is 14.3 Å². The molecule has 0 spiro atoms. The zero-order valence-corrected chi connectivity index (χ0v) is 10.00. The van der Waals surface area contributed by atoms with Crippen LogP contribution in [0.25, 0.3) is 0 Å². The van der Waals surface area contributed by atoms with Gasteiger partial charge in [0.05, 0.1) is 12.2 Å². The monoisotopic (exact) mass is 254 g/mol. The summed E-state index contributed by atoms with van der Waals surface area (Å²) < 4.78 is 6.81. The van der Waals surface area contributed by atoms with Gasteiger partial charge in [-0.25, -0.2) is 4.79 Å². The number of aromatic nitrogens is 2. The van der Waals surface area contributed by atoms with Crippen molar-refractivity contribution in [3.8, 4) is 0 Å². The van der Waals surface area contributed by atoms with Gasteiger partial charge in [-0.1, -0.05) is 0 Å². The van der Waals surface area contributed by atoms with Crippen molar-refractivity contribution in [2.24, 2.45) is 5.73 Å². The van der Waals surface area contributed by atoms with Crippen molar-refractivity contribution in [1.82, 2.24) is 9.55 Å². The first-order chi connectivity index (χ1) is 8.52. The maximum absolute atomic E-state index is 11.7. The average molecular weight is 254 g/mol. The Balaban J connectivity index is 2.26. The quantitative estimate of drug-likeness (QED) is 0.618. The summed E-state index contributed by atoms with van der Waals surface area (Å²) in [5.41, 5.74) is 4.82. The number of aromatic amines is 1. The van der Waals surface area contributed by atoms with Gasteiger partial charge in [-0.15, -0.1) is 0 Å². The minimum Gasteiger partial charge on any atom is -0.390 e. The molecular formula is C11H16N3O4. The Morgan fingerprint density at radius 1 is 1.67 bits per heavy atom. The SMILES string of the molecule is Cc1cn(C2CC(O)C([CH]CN)O2)c(=O)[nH]c1=O. The number of hydrogen-bond acceptors (Lipinski definition) is 5. The van der Waals surface area contributed by atoms with Crippen LogP contribution in [0, 0.1) is 13.3 Å². The zero-order valence-electron chi connectivity index (χ0n) is 10.00. The molecular weight excluding hydrogens is 238 g/mol. The minimum absolute atomic E-state index is 0.284. The van der Waals surface area contributed by atoms with Gasteiger partial charge < -0.3 is 15.6 Å². The lowest BCUT2D eigenvalue weighted by Gasteiger charge is -2.15. The van der Waals surface area contributed by atoms with Gasteiger partial charge in [0.25, 0.3) is 5.56 Å². The van der Waals surface area contributed by atoms with Crippen LogP contribution in [-0.2, 0) is 4.74 Å². The van der Waals surface area contributed by atoms with Crippen molar-refractivity contribution in [1.29, 1.82) is 0 Å². The Kier molecular flexibility index (Phi) is 3.65. The van der Waals surface area contributed by atoms with E-state index < -0.39 is 29.7 Å². The molecule has 2 rings (SSSR count). The molecule has 0 aromatic carbocycles. The molecule has 0 bridgehead atoms. The van der Waals surface area contributed by atoms with Crippen molar-refractivity contribution < 1.29 is 9.84 Å². The van der Waals surface area contributed by atoms with Crippen molar-refractivity contribution >= 4 is 0 Å². The summed E-state index contributed by atoms with van der Waals surface area (Å²) in [5.74, 6) is 0. The van der Waals surface area contributed by atoms with Crippen LogP contribution >= 0.6 is 0 Å². The maximum Gasteiger partial charge on any atom is 0.330 e. The Labute approximate surface area is 103 Å². The van der Waals surface area contributed by atoms with Crippen LogP contribution in [0.2, 0.25) is 0 Å². The second-order valence-electron chi connectivity index (χ2n) is 4.31. The normalized spacial score (nSPS) is 27.6. The molecule has 0 saturated carbocycles. The molecule has 3 unspecified atom stereocenters. The number of aliphatic hydroxyl groups excluding tert-OH is 1. The van der Waals surface area contributed by atoms with Gasteiger partial charge in [0.15, 0.2) is 0 Å². The minimum atomic E-state index is -0.697. The Morgan fingerprint density at radius 2 is 2.39 bits per heavy atom. The van der Waals surface area contributed by atoms with Crippen LogP contribution in [-0.4, -0.2) is 33.4 Å². The van der Waals surface area contributed by atoms with E-state index in [1.807, 2.05) is 0 Å². The summed E-state index contributed by atoms with van der Waals surface area (Å²) in [6.07, 6.45) is 1.59. The Bertz CT molecular complexity index is 536. The highest BCUT2D eigenvalue weighted by atomic mass is 16.5. The highest BCUT2D eigenvalue weighted by Crippen LogP contribution is 2.28. The lowest BCUT2D eigenvalue weighted by molar-refractivity contribution is -0.00363. The third-order valence-corrected chi connectivity index (χ3v) is 2.96. The van der Waals surface area contributed by atoms with Crippen LogP contribution in [0.15, 0.2) is 15.8 Å².